The van der Waals surface area contributed by atoms with Gasteiger partial charge in [0, 0.05) is 0 Å². The molecule has 118 valence electrons. The fraction of sp³-hybridized carbons (Fsp3) is 0.611. The predicted molar refractivity (Wildman–Crippen MR) is 87.1 cm³/mol. The van der Waals surface area contributed by atoms with Crippen LogP contribution in [0.3, 0.4) is 0 Å². The molecule has 0 aliphatic carbocycles. The number of benzene rings is 1. The molecule has 0 radical (unpaired) electrons. The van der Waals surface area contributed by atoms with Gasteiger partial charge in [0.05, 0.1) is 11.6 Å². The van der Waals surface area contributed by atoms with Crippen LogP contribution in [0.2, 0.25) is 0 Å². The monoisotopic (exact) mass is 291 g/mol. The van der Waals surface area contributed by atoms with Crippen molar-refractivity contribution >= 4 is 5.91 Å². The van der Waals surface area contributed by atoms with Gasteiger partial charge in [0.1, 0.15) is 6.61 Å². The Balaban J connectivity index is 2.76. The van der Waals surface area contributed by atoms with Gasteiger partial charge in [-0.2, -0.15) is 0 Å². The van der Waals surface area contributed by atoms with E-state index in [-0.39, 0.29) is 24.2 Å². The first kappa shape index (κ1) is 17.7. The van der Waals surface area contributed by atoms with Gasteiger partial charge in [-0.25, -0.2) is 0 Å². The van der Waals surface area contributed by atoms with E-state index in [1.807, 2.05) is 39.0 Å². The molecule has 1 atom stereocenters. The van der Waals surface area contributed by atoms with Crippen LogP contribution < -0.4 is 5.32 Å². The van der Waals surface area contributed by atoms with Crippen LogP contribution in [-0.4, -0.2) is 18.1 Å². The molecule has 1 amide bonds. The van der Waals surface area contributed by atoms with Crippen LogP contribution in [0.15, 0.2) is 30.3 Å². The molecule has 1 rings (SSSR count). The first-order valence-electron chi connectivity index (χ1n) is 7.85. The minimum Gasteiger partial charge on any atom is -0.366 e. The van der Waals surface area contributed by atoms with Gasteiger partial charge in [-0.3, -0.25) is 4.79 Å². The highest BCUT2D eigenvalue weighted by Crippen LogP contribution is 2.27. The molecule has 0 saturated heterocycles. The minimum absolute atomic E-state index is 0.0503. The molecule has 0 aliphatic heterocycles. The Kier molecular flexibility index (Phi) is 6.90. The molecule has 0 heterocycles. The summed E-state index contributed by atoms with van der Waals surface area (Å²) in [5, 5.41) is 3.14. The van der Waals surface area contributed by atoms with Gasteiger partial charge in [0.25, 0.3) is 0 Å². The summed E-state index contributed by atoms with van der Waals surface area (Å²) >= 11 is 0. The van der Waals surface area contributed by atoms with E-state index in [4.69, 9.17) is 4.74 Å². The molecule has 1 aromatic rings. The second-order valence-corrected chi connectivity index (χ2v) is 6.43. The number of ether oxygens (including phenoxy) is 1. The smallest absolute Gasteiger partial charge is 0.246 e. The van der Waals surface area contributed by atoms with E-state index >= 15 is 0 Å². The third-order valence-corrected chi connectivity index (χ3v) is 3.63. The van der Waals surface area contributed by atoms with Gasteiger partial charge in [0.15, 0.2) is 0 Å². The number of carbonyl (C=O) groups is 1. The summed E-state index contributed by atoms with van der Waals surface area (Å²) in [7, 11) is 0. The van der Waals surface area contributed by atoms with E-state index in [0.717, 1.165) is 18.4 Å². The average Bonchev–Trinajstić information content (AvgIpc) is 2.45. The first-order chi connectivity index (χ1) is 9.87. The zero-order chi connectivity index (χ0) is 15.9. The van der Waals surface area contributed by atoms with Crippen LogP contribution in [0.4, 0.5) is 0 Å². The van der Waals surface area contributed by atoms with E-state index < -0.39 is 0 Å². The normalized spacial score (nSPS) is 13.2. The standard InChI is InChI=1S/C18H29NO2/c1-6-14(7-2)17(15-11-9-8-10-12-15)19-16(20)13-21-18(3,4)5/h8-12,14,17H,6-7,13H2,1-5H3,(H,19,20). The summed E-state index contributed by atoms with van der Waals surface area (Å²) in [5.74, 6) is 0.386. The van der Waals surface area contributed by atoms with Gasteiger partial charge in [-0.05, 0) is 32.3 Å². The number of rotatable bonds is 7. The largest absolute Gasteiger partial charge is 0.366 e. The maximum atomic E-state index is 12.2. The van der Waals surface area contributed by atoms with Crippen molar-refractivity contribution in [2.75, 3.05) is 6.61 Å². The molecular formula is C18H29NO2. The van der Waals surface area contributed by atoms with Gasteiger partial charge in [0.2, 0.25) is 5.91 Å². The lowest BCUT2D eigenvalue weighted by Gasteiger charge is -2.28. The molecule has 3 heteroatoms. The molecule has 21 heavy (non-hydrogen) atoms. The summed E-state index contributed by atoms with van der Waals surface area (Å²) in [6, 6.07) is 10.2. The highest BCUT2D eigenvalue weighted by atomic mass is 16.5. The topological polar surface area (TPSA) is 38.3 Å². The third-order valence-electron chi connectivity index (χ3n) is 3.63. The molecule has 0 bridgehead atoms. The Morgan fingerprint density at radius 1 is 1.14 bits per heavy atom. The maximum absolute atomic E-state index is 12.2. The molecule has 0 spiro atoms. The highest BCUT2D eigenvalue weighted by Gasteiger charge is 2.23. The molecule has 0 aromatic heterocycles. The lowest BCUT2D eigenvalue weighted by atomic mass is 9.89. The number of nitrogens with one attached hydrogen (secondary N) is 1. The Morgan fingerprint density at radius 2 is 1.71 bits per heavy atom. The van der Waals surface area contributed by atoms with Crippen LogP contribution in [0.1, 0.15) is 59.1 Å². The highest BCUT2D eigenvalue weighted by molar-refractivity contribution is 5.77. The summed E-state index contributed by atoms with van der Waals surface area (Å²) in [5.41, 5.74) is 0.865. The zero-order valence-electron chi connectivity index (χ0n) is 14.0. The van der Waals surface area contributed by atoms with Crippen molar-refractivity contribution in [3.63, 3.8) is 0 Å². The maximum Gasteiger partial charge on any atom is 0.246 e. The number of hydrogen-bond acceptors (Lipinski definition) is 2. The van der Waals surface area contributed by atoms with Crippen molar-refractivity contribution in [1.82, 2.24) is 5.32 Å². The first-order valence-corrected chi connectivity index (χ1v) is 7.85. The third kappa shape index (κ3) is 6.30. The quantitative estimate of drug-likeness (QED) is 0.821. The molecule has 0 aliphatic rings. The Hall–Kier alpha value is -1.35. The van der Waals surface area contributed by atoms with Gasteiger partial charge < -0.3 is 10.1 Å². The summed E-state index contributed by atoms with van der Waals surface area (Å²) < 4.78 is 5.56. The van der Waals surface area contributed by atoms with E-state index in [1.54, 1.807) is 0 Å². The molecule has 1 aromatic carbocycles. The predicted octanol–water partition coefficient (Wildman–Crippen LogP) is 4.10. The summed E-state index contributed by atoms with van der Waals surface area (Å²) in [6.45, 7) is 10.3. The molecule has 0 saturated carbocycles. The Bertz CT molecular complexity index is 419. The van der Waals surface area contributed by atoms with E-state index in [0.29, 0.717) is 5.92 Å². The molecule has 1 unspecified atom stereocenters. The van der Waals surface area contributed by atoms with Crippen LogP contribution in [0.5, 0.6) is 0 Å². The fourth-order valence-corrected chi connectivity index (χ4v) is 2.39. The van der Waals surface area contributed by atoms with Crippen molar-refractivity contribution in [2.24, 2.45) is 5.92 Å². The molecule has 0 fully saturated rings. The average molecular weight is 291 g/mol. The van der Waals surface area contributed by atoms with Crippen LogP contribution in [0.25, 0.3) is 0 Å². The van der Waals surface area contributed by atoms with Gasteiger partial charge >= 0.3 is 0 Å². The van der Waals surface area contributed by atoms with Crippen LogP contribution in [-0.2, 0) is 9.53 Å². The van der Waals surface area contributed by atoms with Crippen molar-refractivity contribution in [2.45, 2.75) is 59.1 Å². The van der Waals surface area contributed by atoms with Crippen molar-refractivity contribution in [3.8, 4) is 0 Å². The van der Waals surface area contributed by atoms with E-state index in [2.05, 4.69) is 31.3 Å². The Morgan fingerprint density at radius 3 is 2.19 bits per heavy atom. The van der Waals surface area contributed by atoms with Gasteiger partial charge in [-0.15, -0.1) is 0 Å². The lowest BCUT2D eigenvalue weighted by Crippen LogP contribution is -2.37. The second-order valence-electron chi connectivity index (χ2n) is 6.43. The minimum atomic E-state index is -0.297. The van der Waals surface area contributed by atoms with E-state index in [1.165, 1.54) is 0 Å². The number of carbonyl (C=O) groups excluding carboxylic acids is 1. The number of hydrogen-bond donors (Lipinski definition) is 1. The summed E-state index contributed by atoms with van der Waals surface area (Å²) in [4.78, 5) is 12.2. The van der Waals surface area contributed by atoms with Crippen molar-refractivity contribution < 1.29 is 9.53 Å². The van der Waals surface area contributed by atoms with Crippen molar-refractivity contribution in [1.29, 1.82) is 0 Å². The van der Waals surface area contributed by atoms with E-state index in [9.17, 15) is 4.79 Å². The zero-order valence-corrected chi connectivity index (χ0v) is 14.0. The molecule has 1 N–H and O–H groups in total. The molecular weight excluding hydrogens is 262 g/mol. The van der Waals surface area contributed by atoms with Crippen LogP contribution >= 0.6 is 0 Å². The van der Waals surface area contributed by atoms with Gasteiger partial charge in [-0.1, -0.05) is 57.0 Å². The van der Waals surface area contributed by atoms with Crippen molar-refractivity contribution in [3.05, 3.63) is 35.9 Å². The lowest BCUT2D eigenvalue weighted by molar-refractivity contribution is -0.131. The summed E-state index contributed by atoms with van der Waals surface area (Å²) in [6.07, 6.45) is 2.08. The number of amides is 1. The Labute approximate surface area is 129 Å². The fourth-order valence-electron chi connectivity index (χ4n) is 2.39. The SMILES string of the molecule is CCC(CC)C(NC(=O)COC(C)(C)C)c1ccccc1. The van der Waals surface area contributed by atoms with Crippen LogP contribution in [0, 0.1) is 5.92 Å². The second kappa shape index (κ2) is 8.18. The molecule has 3 nitrogen and oxygen atoms in total.